The lowest BCUT2D eigenvalue weighted by Crippen LogP contribution is -2.37. The van der Waals surface area contributed by atoms with Crippen LogP contribution in [0.15, 0.2) is 24.3 Å². The minimum atomic E-state index is -0.320. The zero-order chi connectivity index (χ0) is 10.7. The summed E-state index contributed by atoms with van der Waals surface area (Å²) in [5.74, 6) is 0.801. The molecule has 0 amide bonds. The van der Waals surface area contributed by atoms with Gasteiger partial charge in [0.25, 0.3) is 0 Å². The van der Waals surface area contributed by atoms with Gasteiger partial charge in [0.05, 0.1) is 26.4 Å². The topological polar surface area (TPSA) is 53.7 Å². The molecule has 1 saturated heterocycles. The lowest BCUT2D eigenvalue weighted by Gasteiger charge is -2.27. The van der Waals surface area contributed by atoms with Crippen LogP contribution in [0.4, 0.5) is 0 Å². The van der Waals surface area contributed by atoms with E-state index in [1.54, 1.807) is 7.11 Å². The first-order valence-corrected chi connectivity index (χ1v) is 4.92. The predicted molar refractivity (Wildman–Crippen MR) is 55.6 cm³/mol. The van der Waals surface area contributed by atoms with Gasteiger partial charge in [-0.2, -0.15) is 0 Å². The third kappa shape index (κ3) is 2.47. The number of nitrogens with two attached hydrogens (primary N) is 1. The Balaban J connectivity index is 2.08. The molecule has 0 saturated carbocycles. The monoisotopic (exact) mass is 209 g/mol. The molecule has 4 nitrogen and oxygen atoms in total. The van der Waals surface area contributed by atoms with Gasteiger partial charge in [-0.05, 0) is 12.1 Å². The molecule has 15 heavy (non-hydrogen) atoms. The van der Waals surface area contributed by atoms with Gasteiger partial charge in [-0.3, -0.25) is 0 Å². The number of rotatable bonds is 2. The molecule has 0 radical (unpaired) electrons. The van der Waals surface area contributed by atoms with Crippen LogP contribution >= 0.6 is 0 Å². The van der Waals surface area contributed by atoms with E-state index in [1.807, 2.05) is 24.3 Å². The first-order valence-electron chi connectivity index (χ1n) is 4.92. The summed E-state index contributed by atoms with van der Waals surface area (Å²) in [6, 6.07) is 7.63. The molecule has 1 aliphatic rings. The first-order chi connectivity index (χ1) is 7.29. The van der Waals surface area contributed by atoms with E-state index in [0.29, 0.717) is 13.2 Å². The van der Waals surface area contributed by atoms with E-state index >= 15 is 0 Å². The maximum Gasteiger partial charge on any atom is 0.184 e. The second-order valence-electron chi connectivity index (χ2n) is 3.54. The van der Waals surface area contributed by atoms with Crippen LogP contribution in [0.25, 0.3) is 0 Å². The number of benzene rings is 1. The Hall–Kier alpha value is -1.10. The Labute approximate surface area is 88.9 Å². The Kier molecular flexibility index (Phi) is 3.20. The number of hydrogen-bond acceptors (Lipinski definition) is 4. The fourth-order valence-electron chi connectivity index (χ4n) is 1.50. The number of methoxy groups -OCH3 is 1. The first kappa shape index (κ1) is 10.4. The molecule has 1 heterocycles. The Bertz CT molecular complexity index is 321. The molecule has 0 aliphatic carbocycles. The molecule has 0 unspecified atom stereocenters. The molecular weight excluding hydrogens is 194 g/mol. The SMILES string of the molecule is COc1cccc(C2OCC(N)CO2)c1. The van der Waals surface area contributed by atoms with Crippen molar-refractivity contribution in [1.82, 2.24) is 0 Å². The number of hydrogen-bond donors (Lipinski definition) is 1. The minimum absolute atomic E-state index is 0.0214. The smallest absolute Gasteiger partial charge is 0.184 e. The van der Waals surface area contributed by atoms with E-state index in [1.165, 1.54) is 0 Å². The van der Waals surface area contributed by atoms with Crippen LogP contribution in [0.5, 0.6) is 5.75 Å². The Morgan fingerprint density at radius 2 is 2.07 bits per heavy atom. The highest BCUT2D eigenvalue weighted by Crippen LogP contribution is 2.25. The Morgan fingerprint density at radius 3 is 2.73 bits per heavy atom. The van der Waals surface area contributed by atoms with Crippen LogP contribution in [0.3, 0.4) is 0 Å². The second-order valence-corrected chi connectivity index (χ2v) is 3.54. The summed E-state index contributed by atoms with van der Waals surface area (Å²) in [7, 11) is 1.64. The van der Waals surface area contributed by atoms with Crippen LogP contribution in [0, 0.1) is 0 Å². The van der Waals surface area contributed by atoms with Crippen molar-refractivity contribution in [3.8, 4) is 5.75 Å². The van der Waals surface area contributed by atoms with Crippen molar-refractivity contribution in [2.24, 2.45) is 5.73 Å². The van der Waals surface area contributed by atoms with Gasteiger partial charge in [-0.15, -0.1) is 0 Å². The summed E-state index contributed by atoms with van der Waals surface area (Å²) in [5, 5.41) is 0. The third-order valence-electron chi connectivity index (χ3n) is 2.29. The van der Waals surface area contributed by atoms with Gasteiger partial charge >= 0.3 is 0 Å². The van der Waals surface area contributed by atoms with Crippen molar-refractivity contribution < 1.29 is 14.2 Å². The summed E-state index contributed by atoms with van der Waals surface area (Å²) in [6.07, 6.45) is -0.320. The number of ether oxygens (including phenoxy) is 3. The summed E-state index contributed by atoms with van der Waals surface area (Å²) in [6.45, 7) is 1.06. The zero-order valence-electron chi connectivity index (χ0n) is 8.68. The van der Waals surface area contributed by atoms with Crippen molar-refractivity contribution >= 4 is 0 Å². The lowest BCUT2D eigenvalue weighted by molar-refractivity contribution is -0.190. The van der Waals surface area contributed by atoms with Crippen molar-refractivity contribution in [2.75, 3.05) is 20.3 Å². The van der Waals surface area contributed by atoms with Gasteiger partial charge in [0, 0.05) is 5.56 Å². The molecule has 1 fully saturated rings. The van der Waals surface area contributed by atoms with Gasteiger partial charge < -0.3 is 19.9 Å². The van der Waals surface area contributed by atoms with E-state index in [4.69, 9.17) is 19.9 Å². The van der Waals surface area contributed by atoms with Crippen molar-refractivity contribution in [3.63, 3.8) is 0 Å². The van der Waals surface area contributed by atoms with E-state index in [0.717, 1.165) is 11.3 Å². The molecule has 0 spiro atoms. The average Bonchev–Trinajstić information content (AvgIpc) is 2.30. The van der Waals surface area contributed by atoms with E-state index in [-0.39, 0.29) is 12.3 Å². The van der Waals surface area contributed by atoms with Crippen LogP contribution < -0.4 is 10.5 Å². The second kappa shape index (κ2) is 4.61. The van der Waals surface area contributed by atoms with E-state index in [9.17, 15) is 0 Å². The van der Waals surface area contributed by atoms with Crippen molar-refractivity contribution in [3.05, 3.63) is 29.8 Å². The fraction of sp³-hybridized carbons (Fsp3) is 0.455. The van der Waals surface area contributed by atoms with Crippen LogP contribution in [-0.2, 0) is 9.47 Å². The maximum atomic E-state index is 5.66. The highest BCUT2D eigenvalue weighted by molar-refractivity contribution is 5.29. The lowest BCUT2D eigenvalue weighted by atomic mass is 10.2. The maximum absolute atomic E-state index is 5.66. The molecule has 1 aromatic rings. The largest absolute Gasteiger partial charge is 0.497 e. The quantitative estimate of drug-likeness (QED) is 0.791. The highest BCUT2D eigenvalue weighted by atomic mass is 16.7. The van der Waals surface area contributed by atoms with Crippen molar-refractivity contribution in [1.29, 1.82) is 0 Å². The van der Waals surface area contributed by atoms with Crippen LogP contribution in [0.1, 0.15) is 11.9 Å². The summed E-state index contributed by atoms with van der Waals surface area (Å²) >= 11 is 0. The van der Waals surface area contributed by atoms with Gasteiger partial charge in [-0.25, -0.2) is 0 Å². The molecule has 1 aromatic carbocycles. The van der Waals surface area contributed by atoms with Crippen molar-refractivity contribution in [2.45, 2.75) is 12.3 Å². The standard InChI is InChI=1S/C11H15NO3/c1-13-10-4-2-3-8(5-10)11-14-6-9(12)7-15-11/h2-5,9,11H,6-7,12H2,1H3. The fourth-order valence-corrected chi connectivity index (χ4v) is 1.50. The zero-order valence-corrected chi connectivity index (χ0v) is 8.68. The molecule has 0 atom stereocenters. The molecular formula is C11H15NO3. The summed E-state index contributed by atoms with van der Waals surface area (Å²) < 4.78 is 16.1. The van der Waals surface area contributed by atoms with Gasteiger partial charge in [0.15, 0.2) is 6.29 Å². The molecule has 82 valence electrons. The molecule has 2 N–H and O–H groups in total. The van der Waals surface area contributed by atoms with Crippen LogP contribution in [-0.4, -0.2) is 26.4 Å². The van der Waals surface area contributed by atoms with Gasteiger partial charge in [0.2, 0.25) is 0 Å². The predicted octanol–water partition coefficient (Wildman–Crippen LogP) is 1.07. The van der Waals surface area contributed by atoms with E-state index < -0.39 is 0 Å². The van der Waals surface area contributed by atoms with Gasteiger partial charge in [-0.1, -0.05) is 12.1 Å². The molecule has 4 heteroatoms. The minimum Gasteiger partial charge on any atom is -0.497 e. The highest BCUT2D eigenvalue weighted by Gasteiger charge is 2.21. The third-order valence-corrected chi connectivity index (χ3v) is 2.29. The molecule has 2 rings (SSSR count). The average molecular weight is 209 g/mol. The Morgan fingerprint density at radius 1 is 1.33 bits per heavy atom. The van der Waals surface area contributed by atoms with E-state index in [2.05, 4.69) is 0 Å². The molecule has 0 aromatic heterocycles. The summed E-state index contributed by atoms with van der Waals surface area (Å²) in [4.78, 5) is 0. The molecule has 1 aliphatic heterocycles. The normalized spacial score (nSPS) is 26.3. The summed E-state index contributed by atoms with van der Waals surface area (Å²) in [5.41, 5.74) is 6.62. The van der Waals surface area contributed by atoms with Crippen LogP contribution in [0.2, 0.25) is 0 Å². The molecule has 0 bridgehead atoms. The van der Waals surface area contributed by atoms with Gasteiger partial charge in [0.1, 0.15) is 5.75 Å².